The monoisotopic (exact) mass is 347 g/mol. The Hall–Kier alpha value is -2.54. The highest BCUT2D eigenvalue weighted by Gasteiger charge is 2.22. The molecule has 0 fully saturated rings. The predicted molar refractivity (Wildman–Crippen MR) is 93.0 cm³/mol. The Kier molecular flexibility index (Phi) is 6.82. The van der Waals surface area contributed by atoms with Crippen molar-refractivity contribution in [3.63, 3.8) is 0 Å². The first-order valence-corrected chi connectivity index (χ1v) is 8.39. The number of hydrogen-bond donors (Lipinski definition) is 1. The predicted octanol–water partition coefficient (Wildman–Crippen LogP) is 2.14. The zero-order valence-electron chi connectivity index (χ0n) is 14.9. The Morgan fingerprint density at radius 1 is 1.12 bits per heavy atom. The van der Waals surface area contributed by atoms with Gasteiger partial charge in [0.2, 0.25) is 5.91 Å². The fourth-order valence-corrected chi connectivity index (χ4v) is 2.70. The van der Waals surface area contributed by atoms with Crippen LogP contribution in [-0.2, 0) is 4.79 Å². The molecule has 0 saturated heterocycles. The van der Waals surface area contributed by atoms with Crippen molar-refractivity contribution in [2.75, 3.05) is 33.2 Å². The molecule has 25 heavy (non-hydrogen) atoms. The molecule has 1 unspecified atom stereocenters. The minimum atomic E-state index is -0.327. The lowest BCUT2D eigenvalue weighted by Crippen LogP contribution is -2.42. The molecular formula is C18H25N3O4. The third kappa shape index (κ3) is 4.96. The zero-order chi connectivity index (χ0) is 18.2. The van der Waals surface area contributed by atoms with Crippen molar-refractivity contribution in [3.8, 4) is 0 Å². The SMILES string of the molecule is CCN(CC)C(CNC(=O)CN(C)C(=O)c1ccco1)c1ccco1. The molecule has 0 spiro atoms. The summed E-state index contributed by atoms with van der Waals surface area (Å²) >= 11 is 0. The van der Waals surface area contributed by atoms with E-state index in [2.05, 4.69) is 24.1 Å². The average molecular weight is 347 g/mol. The highest BCUT2D eigenvalue weighted by Crippen LogP contribution is 2.20. The summed E-state index contributed by atoms with van der Waals surface area (Å²) in [5.74, 6) is 0.466. The van der Waals surface area contributed by atoms with E-state index in [0.29, 0.717) is 6.54 Å². The number of hydrogen-bond acceptors (Lipinski definition) is 5. The third-order valence-electron chi connectivity index (χ3n) is 4.08. The van der Waals surface area contributed by atoms with Crippen molar-refractivity contribution >= 4 is 11.8 Å². The second-order valence-corrected chi connectivity index (χ2v) is 5.70. The molecule has 7 nitrogen and oxygen atoms in total. The van der Waals surface area contributed by atoms with Crippen LogP contribution in [0.5, 0.6) is 0 Å². The van der Waals surface area contributed by atoms with Gasteiger partial charge in [-0.2, -0.15) is 0 Å². The van der Waals surface area contributed by atoms with Crippen LogP contribution < -0.4 is 5.32 Å². The van der Waals surface area contributed by atoms with Crippen molar-refractivity contribution in [3.05, 3.63) is 48.3 Å². The van der Waals surface area contributed by atoms with Crippen LogP contribution in [0.25, 0.3) is 0 Å². The van der Waals surface area contributed by atoms with Gasteiger partial charge in [-0.05, 0) is 37.4 Å². The molecule has 0 saturated carbocycles. The summed E-state index contributed by atoms with van der Waals surface area (Å²) in [4.78, 5) is 27.8. The molecule has 2 aromatic rings. The van der Waals surface area contributed by atoms with E-state index in [1.807, 2.05) is 12.1 Å². The second kappa shape index (κ2) is 9.08. The quantitative estimate of drug-likeness (QED) is 0.752. The van der Waals surface area contributed by atoms with Crippen LogP contribution in [0.2, 0.25) is 0 Å². The van der Waals surface area contributed by atoms with Crippen molar-refractivity contribution in [1.29, 1.82) is 0 Å². The largest absolute Gasteiger partial charge is 0.468 e. The van der Waals surface area contributed by atoms with Gasteiger partial charge in [0.15, 0.2) is 5.76 Å². The van der Waals surface area contributed by atoms with Gasteiger partial charge in [-0.1, -0.05) is 13.8 Å². The number of rotatable bonds is 9. The maximum absolute atomic E-state index is 12.2. The Labute approximate surface area is 147 Å². The molecule has 0 aromatic carbocycles. The molecule has 2 rings (SSSR count). The van der Waals surface area contributed by atoms with E-state index < -0.39 is 0 Å². The minimum Gasteiger partial charge on any atom is -0.468 e. The summed E-state index contributed by atoms with van der Waals surface area (Å²) in [6, 6.07) is 6.91. The highest BCUT2D eigenvalue weighted by atomic mass is 16.3. The zero-order valence-corrected chi connectivity index (χ0v) is 14.9. The van der Waals surface area contributed by atoms with Gasteiger partial charge in [0.25, 0.3) is 5.91 Å². The van der Waals surface area contributed by atoms with Crippen molar-refractivity contribution in [2.45, 2.75) is 19.9 Å². The Morgan fingerprint density at radius 3 is 2.36 bits per heavy atom. The van der Waals surface area contributed by atoms with Gasteiger partial charge in [0, 0.05) is 13.6 Å². The molecule has 0 aliphatic rings. The number of furan rings is 2. The van der Waals surface area contributed by atoms with Crippen LogP contribution in [0.3, 0.4) is 0 Å². The lowest BCUT2D eigenvalue weighted by atomic mass is 10.2. The molecular weight excluding hydrogens is 322 g/mol. The molecule has 1 N–H and O–H groups in total. The average Bonchev–Trinajstić information content (AvgIpc) is 3.31. The summed E-state index contributed by atoms with van der Waals surface area (Å²) < 4.78 is 10.6. The number of carbonyl (C=O) groups excluding carboxylic acids is 2. The maximum Gasteiger partial charge on any atom is 0.289 e. The van der Waals surface area contributed by atoms with Gasteiger partial charge in [0.1, 0.15) is 5.76 Å². The number of amides is 2. The molecule has 2 amide bonds. The molecule has 0 bridgehead atoms. The van der Waals surface area contributed by atoms with Crippen LogP contribution in [0.1, 0.15) is 36.2 Å². The fraction of sp³-hybridized carbons (Fsp3) is 0.444. The van der Waals surface area contributed by atoms with Crippen molar-refractivity contribution in [2.24, 2.45) is 0 Å². The summed E-state index contributed by atoms with van der Waals surface area (Å²) in [5, 5.41) is 2.89. The summed E-state index contributed by atoms with van der Waals surface area (Å²) in [5.41, 5.74) is 0. The standard InChI is InChI=1S/C18H25N3O4/c1-4-21(5-2)14(15-8-6-10-24-15)12-19-17(22)13-20(3)18(23)16-9-7-11-25-16/h6-11,14H,4-5,12-13H2,1-3H3,(H,19,22). The molecule has 1 atom stereocenters. The van der Waals surface area contributed by atoms with E-state index in [9.17, 15) is 9.59 Å². The second-order valence-electron chi connectivity index (χ2n) is 5.70. The van der Waals surface area contributed by atoms with Crippen LogP contribution in [-0.4, -0.2) is 54.8 Å². The minimum absolute atomic E-state index is 0.0390. The number of nitrogens with one attached hydrogen (secondary N) is 1. The summed E-state index contributed by atoms with van der Waals surface area (Å²) in [6.07, 6.45) is 3.06. The van der Waals surface area contributed by atoms with E-state index in [0.717, 1.165) is 18.8 Å². The first kappa shape index (κ1) is 18.8. The fourth-order valence-electron chi connectivity index (χ4n) is 2.70. The van der Waals surface area contributed by atoms with Crippen LogP contribution in [0.4, 0.5) is 0 Å². The molecule has 2 aromatic heterocycles. The van der Waals surface area contributed by atoms with E-state index >= 15 is 0 Å². The first-order chi connectivity index (χ1) is 12.1. The van der Waals surface area contributed by atoms with Crippen LogP contribution in [0.15, 0.2) is 45.6 Å². The Balaban J connectivity index is 1.91. The van der Waals surface area contributed by atoms with Crippen molar-refractivity contribution < 1.29 is 18.4 Å². The summed E-state index contributed by atoms with van der Waals surface area (Å²) in [7, 11) is 1.57. The highest BCUT2D eigenvalue weighted by molar-refractivity contribution is 5.94. The van der Waals surface area contributed by atoms with Crippen molar-refractivity contribution in [1.82, 2.24) is 15.1 Å². The van der Waals surface area contributed by atoms with Gasteiger partial charge in [0.05, 0.1) is 25.1 Å². The van der Waals surface area contributed by atoms with Crippen LogP contribution >= 0.6 is 0 Å². The van der Waals surface area contributed by atoms with E-state index in [1.165, 1.54) is 11.2 Å². The topological polar surface area (TPSA) is 78.9 Å². The maximum atomic E-state index is 12.2. The molecule has 7 heteroatoms. The number of nitrogens with zero attached hydrogens (tertiary/aromatic N) is 2. The Bertz CT molecular complexity index is 648. The van der Waals surface area contributed by atoms with Gasteiger partial charge in [-0.25, -0.2) is 0 Å². The normalized spacial score (nSPS) is 12.2. The smallest absolute Gasteiger partial charge is 0.289 e. The van der Waals surface area contributed by atoms with Crippen LogP contribution in [0, 0.1) is 0 Å². The molecule has 0 aliphatic heterocycles. The Morgan fingerprint density at radius 2 is 1.80 bits per heavy atom. The molecule has 2 heterocycles. The third-order valence-corrected chi connectivity index (χ3v) is 4.08. The van der Waals surface area contributed by atoms with Gasteiger partial charge >= 0.3 is 0 Å². The van der Waals surface area contributed by atoms with E-state index in [4.69, 9.17) is 8.83 Å². The lowest BCUT2D eigenvalue weighted by Gasteiger charge is -2.28. The molecule has 0 radical (unpaired) electrons. The lowest BCUT2D eigenvalue weighted by molar-refractivity contribution is -0.121. The molecule has 0 aliphatic carbocycles. The number of likely N-dealkylation sites (N-methyl/N-ethyl adjacent to an activating group) is 2. The van der Waals surface area contributed by atoms with E-state index in [-0.39, 0.29) is 30.2 Å². The first-order valence-electron chi connectivity index (χ1n) is 8.39. The van der Waals surface area contributed by atoms with E-state index in [1.54, 1.807) is 25.4 Å². The van der Waals surface area contributed by atoms with Gasteiger partial charge < -0.3 is 19.1 Å². The van der Waals surface area contributed by atoms with Gasteiger partial charge in [-0.15, -0.1) is 0 Å². The summed E-state index contributed by atoms with van der Waals surface area (Å²) in [6.45, 7) is 6.19. The number of carbonyl (C=O) groups is 2. The van der Waals surface area contributed by atoms with Gasteiger partial charge in [-0.3, -0.25) is 14.5 Å². The molecule has 136 valence electrons.